The standard InChI is InChI=1S/C16H13N5O3/c22-16(20-13-9-17-18-10-13)11-6-7-14(15(8-11)21(23)24)19-12-4-2-1-3-5-12/h1-10,19H,(H,17,18)(H,20,22). The molecule has 1 amide bonds. The number of aromatic amines is 1. The number of anilines is 3. The fourth-order valence-electron chi connectivity index (χ4n) is 2.13. The third-order valence-corrected chi connectivity index (χ3v) is 3.27. The van der Waals surface area contributed by atoms with Crippen LogP contribution in [-0.4, -0.2) is 21.0 Å². The highest BCUT2D eigenvalue weighted by Gasteiger charge is 2.18. The molecule has 2 aromatic carbocycles. The van der Waals surface area contributed by atoms with E-state index in [0.717, 1.165) is 5.69 Å². The minimum atomic E-state index is -0.528. The molecule has 0 atom stereocenters. The summed E-state index contributed by atoms with van der Waals surface area (Å²) in [5.41, 5.74) is 1.51. The second kappa shape index (κ2) is 6.61. The lowest BCUT2D eigenvalue weighted by Gasteiger charge is -2.08. The molecule has 0 unspecified atom stereocenters. The molecule has 8 nitrogen and oxygen atoms in total. The molecule has 0 fully saturated rings. The fourth-order valence-corrected chi connectivity index (χ4v) is 2.13. The van der Waals surface area contributed by atoms with Crippen LogP contribution in [0, 0.1) is 10.1 Å². The molecule has 0 aliphatic rings. The molecule has 1 heterocycles. The van der Waals surface area contributed by atoms with Crippen molar-refractivity contribution in [3.63, 3.8) is 0 Å². The maximum Gasteiger partial charge on any atom is 0.293 e. The Bertz CT molecular complexity index is 863. The van der Waals surface area contributed by atoms with E-state index in [1.165, 1.54) is 30.6 Å². The summed E-state index contributed by atoms with van der Waals surface area (Å²) in [4.78, 5) is 23.0. The van der Waals surface area contributed by atoms with Gasteiger partial charge in [-0.15, -0.1) is 0 Å². The highest BCUT2D eigenvalue weighted by Crippen LogP contribution is 2.28. The van der Waals surface area contributed by atoms with Gasteiger partial charge in [0.05, 0.1) is 16.8 Å². The Morgan fingerprint density at radius 1 is 1.12 bits per heavy atom. The lowest BCUT2D eigenvalue weighted by Crippen LogP contribution is -2.12. The predicted molar refractivity (Wildman–Crippen MR) is 89.4 cm³/mol. The van der Waals surface area contributed by atoms with E-state index in [1.807, 2.05) is 18.2 Å². The van der Waals surface area contributed by atoms with Crippen LogP contribution in [-0.2, 0) is 0 Å². The summed E-state index contributed by atoms with van der Waals surface area (Å²) in [6, 6.07) is 13.3. The maximum atomic E-state index is 12.2. The molecular formula is C16H13N5O3. The Labute approximate surface area is 136 Å². The summed E-state index contributed by atoms with van der Waals surface area (Å²) in [6.45, 7) is 0. The van der Waals surface area contributed by atoms with Gasteiger partial charge in [0.2, 0.25) is 0 Å². The monoisotopic (exact) mass is 323 g/mol. The molecule has 0 aliphatic heterocycles. The molecule has 0 bridgehead atoms. The average Bonchev–Trinajstić information content (AvgIpc) is 3.09. The number of hydrogen-bond donors (Lipinski definition) is 3. The van der Waals surface area contributed by atoms with Gasteiger partial charge in [-0.05, 0) is 24.3 Å². The van der Waals surface area contributed by atoms with Crippen LogP contribution in [0.1, 0.15) is 10.4 Å². The van der Waals surface area contributed by atoms with E-state index in [4.69, 9.17) is 0 Å². The van der Waals surface area contributed by atoms with Gasteiger partial charge in [0, 0.05) is 23.5 Å². The number of carbonyl (C=O) groups is 1. The summed E-state index contributed by atoms with van der Waals surface area (Å²) in [5.74, 6) is -0.453. The predicted octanol–water partition coefficient (Wildman–Crippen LogP) is 3.31. The van der Waals surface area contributed by atoms with Crippen molar-refractivity contribution in [1.82, 2.24) is 10.2 Å². The molecule has 3 rings (SSSR count). The third kappa shape index (κ3) is 3.38. The summed E-state index contributed by atoms with van der Waals surface area (Å²) in [6.07, 6.45) is 2.95. The lowest BCUT2D eigenvalue weighted by atomic mass is 10.1. The molecule has 120 valence electrons. The number of rotatable bonds is 5. The van der Waals surface area contributed by atoms with Crippen LogP contribution in [0.4, 0.5) is 22.7 Å². The van der Waals surface area contributed by atoms with Gasteiger partial charge in [-0.1, -0.05) is 18.2 Å². The van der Waals surface area contributed by atoms with Gasteiger partial charge in [0.15, 0.2) is 0 Å². The first-order valence-corrected chi connectivity index (χ1v) is 7.04. The Kier molecular flexibility index (Phi) is 4.19. The van der Waals surface area contributed by atoms with E-state index in [1.54, 1.807) is 12.1 Å². The molecule has 0 radical (unpaired) electrons. The van der Waals surface area contributed by atoms with E-state index in [0.29, 0.717) is 11.4 Å². The summed E-state index contributed by atoms with van der Waals surface area (Å²) in [7, 11) is 0. The van der Waals surface area contributed by atoms with Crippen molar-refractivity contribution in [3.05, 3.63) is 76.6 Å². The summed E-state index contributed by atoms with van der Waals surface area (Å²) in [5, 5.41) is 23.2. The summed E-state index contributed by atoms with van der Waals surface area (Å²) < 4.78 is 0. The Morgan fingerprint density at radius 2 is 1.92 bits per heavy atom. The molecule has 0 spiro atoms. The van der Waals surface area contributed by atoms with Gasteiger partial charge in [0.25, 0.3) is 11.6 Å². The summed E-state index contributed by atoms with van der Waals surface area (Å²) >= 11 is 0. The number of H-pyrrole nitrogens is 1. The zero-order valence-corrected chi connectivity index (χ0v) is 12.4. The van der Waals surface area contributed by atoms with Crippen LogP contribution in [0.25, 0.3) is 0 Å². The first-order valence-electron chi connectivity index (χ1n) is 7.04. The lowest BCUT2D eigenvalue weighted by molar-refractivity contribution is -0.383. The van der Waals surface area contributed by atoms with Gasteiger partial charge >= 0.3 is 0 Å². The first-order chi connectivity index (χ1) is 11.6. The third-order valence-electron chi connectivity index (χ3n) is 3.27. The average molecular weight is 323 g/mol. The molecule has 0 saturated carbocycles. The Balaban J connectivity index is 1.87. The van der Waals surface area contributed by atoms with E-state index < -0.39 is 10.8 Å². The van der Waals surface area contributed by atoms with Crippen LogP contribution in [0.5, 0.6) is 0 Å². The first kappa shape index (κ1) is 15.2. The SMILES string of the molecule is O=C(Nc1cn[nH]c1)c1ccc(Nc2ccccc2)c([N+](=O)[O-])c1. The maximum absolute atomic E-state index is 12.2. The number of benzene rings is 2. The number of nitro benzene ring substituents is 1. The van der Waals surface area contributed by atoms with Crippen LogP contribution < -0.4 is 10.6 Å². The van der Waals surface area contributed by atoms with Crippen molar-refractivity contribution in [2.24, 2.45) is 0 Å². The van der Waals surface area contributed by atoms with Gasteiger partial charge in [-0.25, -0.2) is 0 Å². The van der Waals surface area contributed by atoms with E-state index in [9.17, 15) is 14.9 Å². The van der Waals surface area contributed by atoms with Crippen LogP contribution in [0.15, 0.2) is 60.9 Å². The zero-order valence-electron chi connectivity index (χ0n) is 12.4. The quantitative estimate of drug-likeness (QED) is 0.492. The van der Waals surface area contributed by atoms with Crippen molar-refractivity contribution >= 4 is 28.7 Å². The highest BCUT2D eigenvalue weighted by atomic mass is 16.6. The number of nitro groups is 1. The smallest absolute Gasteiger partial charge is 0.293 e. The van der Waals surface area contributed by atoms with Gasteiger partial charge in [0.1, 0.15) is 5.69 Å². The number of amides is 1. The fraction of sp³-hybridized carbons (Fsp3) is 0. The molecule has 3 N–H and O–H groups in total. The van der Waals surface area contributed by atoms with Crippen molar-refractivity contribution < 1.29 is 9.72 Å². The largest absolute Gasteiger partial charge is 0.350 e. The minimum absolute atomic E-state index is 0.182. The molecular weight excluding hydrogens is 310 g/mol. The Hall–Kier alpha value is -3.68. The second-order valence-corrected chi connectivity index (χ2v) is 4.92. The molecule has 0 aliphatic carbocycles. The van der Waals surface area contributed by atoms with Crippen molar-refractivity contribution in [1.29, 1.82) is 0 Å². The van der Waals surface area contributed by atoms with Gasteiger partial charge in [-0.2, -0.15) is 5.10 Å². The number of para-hydroxylation sites is 1. The number of hydrogen-bond acceptors (Lipinski definition) is 5. The van der Waals surface area contributed by atoms with Crippen molar-refractivity contribution in [3.8, 4) is 0 Å². The van der Waals surface area contributed by atoms with E-state index >= 15 is 0 Å². The molecule has 0 saturated heterocycles. The highest BCUT2D eigenvalue weighted by molar-refractivity contribution is 6.05. The molecule has 24 heavy (non-hydrogen) atoms. The van der Waals surface area contributed by atoms with Crippen molar-refractivity contribution in [2.45, 2.75) is 0 Å². The number of aromatic nitrogens is 2. The van der Waals surface area contributed by atoms with Crippen LogP contribution in [0.3, 0.4) is 0 Å². The zero-order chi connectivity index (χ0) is 16.9. The van der Waals surface area contributed by atoms with Crippen LogP contribution in [0.2, 0.25) is 0 Å². The van der Waals surface area contributed by atoms with E-state index in [-0.39, 0.29) is 11.3 Å². The van der Waals surface area contributed by atoms with Crippen LogP contribution >= 0.6 is 0 Å². The molecule has 8 heteroatoms. The van der Waals surface area contributed by atoms with Gasteiger partial charge in [-0.3, -0.25) is 20.0 Å². The number of nitrogens with one attached hydrogen (secondary N) is 3. The second-order valence-electron chi connectivity index (χ2n) is 4.92. The molecule has 1 aromatic heterocycles. The topological polar surface area (TPSA) is 113 Å². The van der Waals surface area contributed by atoms with E-state index in [2.05, 4.69) is 20.8 Å². The minimum Gasteiger partial charge on any atom is -0.350 e. The Morgan fingerprint density at radius 3 is 2.58 bits per heavy atom. The number of nitrogens with zero attached hydrogens (tertiary/aromatic N) is 2. The van der Waals surface area contributed by atoms with Crippen molar-refractivity contribution in [2.75, 3.05) is 10.6 Å². The van der Waals surface area contributed by atoms with Gasteiger partial charge < -0.3 is 10.6 Å². The number of carbonyl (C=O) groups excluding carboxylic acids is 1. The normalized spacial score (nSPS) is 10.2. The molecule has 3 aromatic rings.